The van der Waals surface area contributed by atoms with Gasteiger partial charge in [-0.25, -0.2) is 12.7 Å². The van der Waals surface area contributed by atoms with E-state index in [1.165, 1.54) is 18.4 Å². The van der Waals surface area contributed by atoms with Crippen LogP contribution in [0.25, 0.3) is 0 Å². The average molecular weight is 362 g/mol. The van der Waals surface area contributed by atoms with Crippen LogP contribution in [0, 0.1) is 6.92 Å². The third kappa shape index (κ3) is 5.42. The lowest BCUT2D eigenvalue weighted by Gasteiger charge is -2.16. The molecular formula is C14H23N3O2S3. The molecule has 1 aromatic rings. The number of rotatable bonds is 7. The summed E-state index contributed by atoms with van der Waals surface area (Å²) in [5.41, 5.74) is 1.37. The quantitative estimate of drug-likeness (QED) is 0.574. The molecule has 0 aromatic heterocycles. The predicted octanol–water partition coefficient (Wildman–Crippen LogP) is 2.28. The maximum atomic E-state index is 12.3. The minimum atomic E-state index is -3.46. The molecule has 22 heavy (non-hydrogen) atoms. The lowest BCUT2D eigenvalue weighted by atomic mass is 10.2. The zero-order chi connectivity index (χ0) is 16.8. The van der Waals surface area contributed by atoms with Gasteiger partial charge in [0.25, 0.3) is 0 Å². The summed E-state index contributed by atoms with van der Waals surface area (Å²) in [7, 11) is -0.422. The van der Waals surface area contributed by atoms with Gasteiger partial charge < -0.3 is 10.6 Å². The fourth-order valence-corrected chi connectivity index (χ4v) is 3.54. The van der Waals surface area contributed by atoms with E-state index in [-0.39, 0.29) is 4.90 Å². The van der Waals surface area contributed by atoms with Crippen LogP contribution in [-0.2, 0) is 10.0 Å². The second-order valence-corrected chi connectivity index (χ2v) is 8.51. The van der Waals surface area contributed by atoms with Crippen LogP contribution < -0.4 is 10.6 Å². The van der Waals surface area contributed by atoms with Crippen LogP contribution in [0.1, 0.15) is 12.0 Å². The second-order valence-electron chi connectivity index (χ2n) is 4.99. The molecule has 124 valence electrons. The standard InChI is InChI=1S/C14H23N3O2S3/c1-11-6-7-12(10-13(11)22(18,19)17(2)3)16-14(20)15-8-5-9-21-4/h6-7,10H,5,8-9H2,1-4H3,(H2,15,16,20). The molecule has 0 spiro atoms. The Kier molecular flexibility index (Phi) is 7.61. The Morgan fingerprint density at radius 2 is 2.05 bits per heavy atom. The van der Waals surface area contributed by atoms with Gasteiger partial charge in [-0.15, -0.1) is 0 Å². The number of hydrogen-bond acceptors (Lipinski definition) is 4. The fourth-order valence-electron chi connectivity index (χ4n) is 1.75. The Morgan fingerprint density at radius 1 is 1.36 bits per heavy atom. The molecule has 0 fully saturated rings. The fraction of sp³-hybridized carbons (Fsp3) is 0.500. The van der Waals surface area contributed by atoms with Gasteiger partial charge in [0.1, 0.15) is 0 Å². The molecule has 0 aliphatic heterocycles. The molecule has 0 amide bonds. The normalized spacial score (nSPS) is 11.5. The van der Waals surface area contributed by atoms with Gasteiger partial charge in [-0.3, -0.25) is 0 Å². The summed E-state index contributed by atoms with van der Waals surface area (Å²) in [4.78, 5) is 0.285. The molecule has 2 N–H and O–H groups in total. The molecule has 0 saturated heterocycles. The minimum absolute atomic E-state index is 0.285. The molecule has 0 heterocycles. The van der Waals surface area contributed by atoms with Crippen LogP contribution >= 0.6 is 24.0 Å². The van der Waals surface area contributed by atoms with Gasteiger partial charge in [0.05, 0.1) is 4.90 Å². The van der Waals surface area contributed by atoms with Crippen molar-refractivity contribution in [2.45, 2.75) is 18.2 Å². The smallest absolute Gasteiger partial charge is 0.242 e. The summed E-state index contributed by atoms with van der Waals surface area (Å²) in [6, 6.07) is 5.20. The Labute approximate surface area is 142 Å². The van der Waals surface area contributed by atoms with Gasteiger partial charge in [-0.2, -0.15) is 11.8 Å². The first-order valence-corrected chi connectivity index (χ1v) is 10.1. The predicted molar refractivity (Wildman–Crippen MR) is 99.3 cm³/mol. The Bertz CT molecular complexity index is 616. The van der Waals surface area contributed by atoms with Crippen molar-refractivity contribution in [3.8, 4) is 0 Å². The van der Waals surface area contributed by atoms with Gasteiger partial charge in [0.15, 0.2) is 5.11 Å². The van der Waals surface area contributed by atoms with Gasteiger partial charge >= 0.3 is 0 Å². The maximum absolute atomic E-state index is 12.3. The van der Waals surface area contributed by atoms with Crippen LogP contribution in [0.2, 0.25) is 0 Å². The zero-order valence-corrected chi connectivity index (χ0v) is 15.8. The van der Waals surface area contributed by atoms with Crippen LogP contribution in [0.15, 0.2) is 23.1 Å². The lowest BCUT2D eigenvalue weighted by molar-refractivity contribution is 0.520. The van der Waals surface area contributed by atoms with Crippen molar-refractivity contribution in [3.63, 3.8) is 0 Å². The number of hydrogen-bond donors (Lipinski definition) is 2. The summed E-state index contributed by atoms with van der Waals surface area (Å²) >= 11 is 7.01. The van der Waals surface area contributed by atoms with E-state index in [4.69, 9.17) is 12.2 Å². The third-order valence-corrected chi connectivity index (χ3v) is 5.92. The number of benzene rings is 1. The molecule has 5 nitrogen and oxygen atoms in total. The molecular weight excluding hydrogens is 338 g/mol. The van der Waals surface area contributed by atoms with Crippen molar-refractivity contribution in [2.75, 3.05) is 38.0 Å². The van der Waals surface area contributed by atoms with Gasteiger partial charge in [-0.05, 0) is 55.3 Å². The van der Waals surface area contributed by atoms with E-state index < -0.39 is 10.0 Å². The SMILES string of the molecule is CSCCCNC(=S)Nc1ccc(C)c(S(=O)(=O)N(C)C)c1. The molecule has 1 rings (SSSR count). The zero-order valence-electron chi connectivity index (χ0n) is 13.3. The summed E-state index contributed by atoms with van der Waals surface area (Å²) in [5.74, 6) is 1.07. The molecule has 1 aromatic carbocycles. The van der Waals surface area contributed by atoms with Crippen LogP contribution in [0.3, 0.4) is 0 Å². The summed E-state index contributed by atoms with van der Waals surface area (Å²) in [5, 5.41) is 6.63. The first kappa shape index (κ1) is 19.2. The van der Waals surface area contributed by atoms with E-state index in [1.807, 2.05) is 6.07 Å². The van der Waals surface area contributed by atoms with Crippen molar-refractivity contribution >= 4 is 44.8 Å². The molecule has 0 unspecified atom stereocenters. The van der Waals surface area contributed by atoms with E-state index in [0.717, 1.165) is 18.7 Å². The first-order chi connectivity index (χ1) is 10.3. The van der Waals surface area contributed by atoms with Crippen LogP contribution in [0.4, 0.5) is 5.69 Å². The first-order valence-electron chi connectivity index (χ1n) is 6.86. The molecule has 0 saturated carbocycles. The van der Waals surface area contributed by atoms with Crippen LogP contribution in [0.5, 0.6) is 0 Å². The minimum Gasteiger partial charge on any atom is -0.362 e. The summed E-state index contributed by atoms with van der Waals surface area (Å²) in [6.45, 7) is 2.57. The Balaban J connectivity index is 2.80. The maximum Gasteiger partial charge on any atom is 0.242 e. The van der Waals surface area contributed by atoms with Crippen molar-refractivity contribution in [1.29, 1.82) is 0 Å². The Hall–Kier alpha value is -0.830. The molecule has 0 aliphatic rings. The van der Waals surface area contributed by atoms with Gasteiger partial charge in [0.2, 0.25) is 10.0 Å². The van der Waals surface area contributed by atoms with Crippen molar-refractivity contribution < 1.29 is 8.42 Å². The average Bonchev–Trinajstić information content (AvgIpc) is 2.45. The number of aryl methyl sites for hydroxylation is 1. The molecule has 8 heteroatoms. The number of nitrogens with one attached hydrogen (secondary N) is 2. The third-order valence-electron chi connectivity index (χ3n) is 3.02. The number of anilines is 1. The van der Waals surface area contributed by atoms with E-state index in [1.54, 1.807) is 30.8 Å². The van der Waals surface area contributed by atoms with Gasteiger partial charge in [-0.1, -0.05) is 6.07 Å². The molecule has 0 atom stereocenters. The highest BCUT2D eigenvalue weighted by molar-refractivity contribution is 7.98. The van der Waals surface area contributed by atoms with Crippen LogP contribution in [-0.4, -0.2) is 50.5 Å². The van der Waals surface area contributed by atoms with Gasteiger partial charge in [0, 0.05) is 26.3 Å². The summed E-state index contributed by atoms with van der Waals surface area (Å²) in [6.07, 6.45) is 3.09. The number of thiocarbonyl (C=S) groups is 1. The van der Waals surface area contributed by atoms with E-state index in [2.05, 4.69) is 16.9 Å². The highest BCUT2D eigenvalue weighted by Gasteiger charge is 2.20. The number of nitrogens with zero attached hydrogens (tertiary/aromatic N) is 1. The number of thioether (sulfide) groups is 1. The molecule has 0 bridgehead atoms. The number of sulfonamides is 1. The largest absolute Gasteiger partial charge is 0.362 e. The second kappa shape index (κ2) is 8.71. The highest BCUT2D eigenvalue weighted by atomic mass is 32.2. The summed E-state index contributed by atoms with van der Waals surface area (Å²) < 4.78 is 25.8. The highest BCUT2D eigenvalue weighted by Crippen LogP contribution is 2.22. The monoisotopic (exact) mass is 361 g/mol. The van der Waals surface area contributed by atoms with Crippen molar-refractivity contribution in [2.24, 2.45) is 0 Å². The molecule has 0 aliphatic carbocycles. The van der Waals surface area contributed by atoms with E-state index >= 15 is 0 Å². The van der Waals surface area contributed by atoms with Crippen molar-refractivity contribution in [3.05, 3.63) is 23.8 Å². The van der Waals surface area contributed by atoms with E-state index in [9.17, 15) is 8.42 Å². The topological polar surface area (TPSA) is 61.4 Å². The Morgan fingerprint density at radius 3 is 2.64 bits per heavy atom. The van der Waals surface area contributed by atoms with Crippen molar-refractivity contribution in [1.82, 2.24) is 9.62 Å². The van der Waals surface area contributed by atoms with E-state index in [0.29, 0.717) is 16.4 Å². The lowest BCUT2D eigenvalue weighted by Crippen LogP contribution is -2.29. The molecule has 0 radical (unpaired) electrons.